The number of piperidine rings is 1. The molecule has 5 rings (SSSR count). The standard InChI is InChI=1S/C28H35NO3/c1-27(2,3)14-15-28(31)16-19-12-13-20(17-28)29(19)26(30)32-18-25-23-10-6-4-8-21(23)22-9-5-7-11-24(22)25/h4-11,19-20,25,31H,12-18H2,1-3H3. The molecule has 170 valence electrons. The third-order valence-corrected chi connectivity index (χ3v) is 7.74. The molecule has 0 saturated carbocycles. The second kappa shape index (κ2) is 7.91. The Hall–Kier alpha value is -2.33. The molecule has 3 aliphatic rings. The van der Waals surface area contributed by atoms with Gasteiger partial charge >= 0.3 is 6.09 Å². The lowest BCUT2D eigenvalue weighted by molar-refractivity contribution is -0.0587. The molecule has 2 aromatic carbocycles. The topological polar surface area (TPSA) is 49.8 Å². The van der Waals surface area contributed by atoms with Gasteiger partial charge in [-0.2, -0.15) is 0 Å². The summed E-state index contributed by atoms with van der Waals surface area (Å²) >= 11 is 0. The summed E-state index contributed by atoms with van der Waals surface area (Å²) in [5.74, 6) is 0.0810. The fourth-order valence-corrected chi connectivity index (χ4v) is 6.10. The van der Waals surface area contributed by atoms with Gasteiger partial charge in [-0.05, 0) is 66.2 Å². The molecule has 0 spiro atoms. The minimum Gasteiger partial charge on any atom is -0.448 e. The van der Waals surface area contributed by atoms with Crippen LogP contribution in [0.3, 0.4) is 0 Å². The molecule has 2 aliphatic heterocycles. The summed E-state index contributed by atoms with van der Waals surface area (Å²) < 4.78 is 5.95. The van der Waals surface area contributed by atoms with E-state index in [0.29, 0.717) is 19.4 Å². The van der Waals surface area contributed by atoms with Crippen molar-refractivity contribution < 1.29 is 14.6 Å². The Morgan fingerprint density at radius 2 is 1.53 bits per heavy atom. The molecule has 2 heterocycles. The van der Waals surface area contributed by atoms with Crippen molar-refractivity contribution in [2.75, 3.05) is 6.61 Å². The van der Waals surface area contributed by atoms with Gasteiger partial charge in [0.25, 0.3) is 0 Å². The lowest BCUT2D eigenvalue weighted by atomic mass is 9.78. The first kappa shape index (κ1) is 21.5. The number of carbonyl (C=O) groups is 1. The summed E-state index contributed by atoms with van der Waals surface area (Å²) in [6, 6.07) is 17.0. The molecule has 1 amide bonds. The van der Waals surface area contributed by atoms with Gasteiger partial charge in [0.15, 0.2) is 0 Å². The van der Waals surface area contributed by atoms with E-state index >= 15 is 0 Å². The van der Waals surface area contributed by atoms with Crippen LogP contribution in [0.25, 0.3) is 11.1 Å². The zero-order valence-electron chi connectivity index (χ0n) is 19.5. The maximum atomic E-state index is 13.2. The van der Waals surface area contributed by atoms with Gasteiger partial charge < -0.3 is 14.7 Å². The summed E-state index contributed by atoms with van der Waals surface area (Å²) in [5.41, 5.74) is 4.51. The zero-order valence-corrected chi connectivity index (χ0v) is 19.5. The molecule has 2 fully saturated rings. The predicted molar refractivity (Wildman–Crippen MR) is 127 cm³/mol. The van der Waals surface area contributed by atoms with Gasteiger partial charge in [-0.1, -0.05) is 69.3 Å². The molecule has 0 radical (unpaired) electrons. The molecule has 2 unspecified atom stereocenters. The summed E-state index contributed by atoms with van der Waals surface area (Å²) in [6.07, 6.45) is 4.86. The number of hydrogen-bond donors (Lipinski definition) is 1. The fourth-order valence-electron chi connectivity index (χ4n) is 6.10. The van der Waals surface area contributed by atoms with Gasteiger partial charge in [0.2, 0.25) is 0 Å². The number of nitrogens with zero attached hydrogens (tertiary/aromatic N) is 1. The average molecular weight is 434 g/mol. The van der Waals surface area contributed by atoms with Crippen LogP contribution in [-0.2, 0) is 4.74 Å². The van der Waals surface area contributed by atoms with Gasteiger partial charge in [0, 0.05) is 18.0 Å². The number of fused-ring (bicyclic) bond motifs is 5. The van der Waals surface area contributed by atoms with E-state index < -0.39 is 5.60 Å². The SMILES string of the molecule is CC(C)(C)CCC1(O)CC2CCC(C1)N2C(=O)OCC1c2ccccc2-c2ccccc21. The van der Waals surface area contributed by atoms with E-state index in [1.54, 1.807) is 0 Å². The Morgan fingerprint density at radius 3 is 2.06 bits per heavy atom. The maximum Gasteiger partial charge on any atom is 0.410 e. The quantitative estimate of drug-likeness (QED) is 0.632. The highest BCUT2D eigenvalue weighted by Gasteiger charge is 2.50. The first-order valence-corrected chi connectivity index (χ1v) is 12.1. The number of aliphatic hydroxyl groups is 1. The molecule has 4 nitrogen and oxygen atoms in total. The number of hydrogen-bond acceptors (Lipinski definition) is 3. The minimum atomic E-state index is -0.654. The first-order valence-electron chi connectivity index (χ1n) is 12.1. The van der Waals surface area contributed by atoms with E-state index in [-0.39, 0.29) is 29.5 Å². The highest BCUT2D eigenvalue weighted by molar-refractivity contribution is 5.79. The fraction of sp³-hybridized carbons (Fsp3) is 0.536. The highest BCUT2D eigenvalue weighted by Crippen LogP contribution is 2.46. The summed E-state index contributed by atoms with van der Waals surface area (Å²) in [6.45, 7) is 7.02. The highest BCUT2D eigenvalue weighted by atomic mass is 16.6. The summed E-state index contributed by atoms with van der Waals surface area (Å²) in [7, 11) is 0. The van der Waals surface area contributed by atoms with E-state index in [1.807, 2.05) is 4.90 Å². The Labute approximate surface area is 191 Å². The van der Waals surface area contributed by atoms with Crippen LogP contribution < -0.4 is 0 Å². The number of benzene rings is 2. The van der Waals surface area contributed by atoms with Crippen LogP contribution in [0.4, 0.5) is 4.79 Å². The van der Waals surface area contributed by atoms with Crippen molar-refractivity contribution >= 4 is 6.09 Å². The number of ether oxygens (including phenoxy) is 1. The van der Waals surface area contributed by atoms with E-state index in [4.69, 9.17) is 4.74 Å². The molecule has 1 aliphatic carbocycles. The van der Waals surface area contributed by atoms with Gasteiger partial charge in [-0.15, -0.1) is 0 Å². The van der Waals surface area contributed by atoms with Crippen LogP contribution in [0.1, 0.15) is 76.3 Å². The molecule has 32 heavy (non-hydrogen) atoms. The van der Waals surface area contributed by atoms with Crippen LogP contribution in [0.15, 0.2) is 48.5 Å². The Morgan fingerprint density at radius 1 is 1.00 bits per heavy atom. The average Bonchev–Trinajstić information content (AvgIpc) is 3.23. The summed E-state index contributed by atoms with van der Waals surface area (Å²) in [4.78, 5) is 15.1. The third kappa shape index (κ3) is 3.94. The molecule has 4 heteroatoms. The molecule has 0 aromatic heterocycles. The Bertz CT molecular complexity index is 948. The second-order valence-corrected chi connectivity index (χ2v) is 11.3. The van der Waals surface area contributed by atoms with Crippen LogP contribution in [-0.4, -0.2) is 40.4 Å². The normalized spacial score (nSPS) is 26.7. The number of rotatable bonds is 4. The van der Waals surface area contributed by atoms with Gasteiger partial charge in [0.05, 0.1) is 5.60 Å². The van der Waals surface area contributed by atoms with Crippen molar-refractivity contribution in [3.05, 3.63) is 59.7 Å². The zero-order chi connectivity index (χ0) is 22.5. The lowest BCUT2D eigenvalue weighted by Crippen LogP contribution is -2.53. The smallest absolute Gasteiger partial charge is 0.410 e. The van der Waals surface area contributed by atoms with Crippen molar-refractivity contribution in [3.63, 3.8) is 0 Å². The predicted octanol–water partition coefficient (Wildman–Crippen LogP) is 6.12. The number of carbonyl (C=O) groups excluding carboxylic acids is 1. The largest absolute Gasteiger partial charge is 0.448 e. The lowest BCUT2D eigenvalue weighted by Gasteiger charge is -2.44. The summed E-state index contributed by atoms with van der Waals surface area (Å²) in [5, 5.41) is 11.3. The minimum absolute atomic E-state index is 0.0810. The van der Waals surface area contributed by atoms with Gasteiger partial charge in [-0.25, -0.2) is 4.79 Å². The molecular formula is C28H35NO3. The second-order valence-electron chi connectivity index (χ2n) is 11.3. The van der Waals surface area contributed by atoms with Crippen LogP contribution >= 0.6 is 0 Å². The Kier molecular flexibility index (Phi) is 5.32. The van der Waals surface area contributed by atoms with E-state index in [0.717, 1.165) is 25.7 Å². The van der Waals surface area contributed by atoms with Crippen molar-refractivity contribution in [1.82, 2.24) is 4.90 Å². The van der Waals surface area contributed by atoms with Crippen molar-refractivity contribution in [1.29, 1.82) is 0 Å². The van der Waals surface area contributed by atoms with Gasteiger partial charge in [0.1, 0.15) is 6.61 Å². The van der Waals surface area contributed by atoms with Crippen LogP contribution in [0.5, 0.6) is 0 Å². The van der Waals surface area contributed by atoms with E-state index in [2.05, 4.69) is 69.3 Å². The molecule has 2 atom stereocenters. The van der Waals surface area contributed by atoms with Crippen molar-refractivity contribution in [2.24, 2.45) is 5.41 Å². The van der Waals surface area contributed by atoms with Gasteiger partial charge in [-0.3, -0.25) is 0 Å². The van der Waals surface area contributed by atoms with E-state index in [9.17, 15) is 9.90 Å². The molecule has 2 saturated heterocycles. The Balaban J connectivity index is 1.26. The molecular weight excluding hydrogens is 398 g/mol. The molecule has 2 bridgehead atoms. The van der Waals surface area contributed by atoms with Crippen molar-refractivity contribution in [3.8, 4) is 11.1 Å². The van der Waals surface area contributed by atoms with Crippen LogP contribution in [0.2, 0.25) is 0 Å². The third-order valence-electron chi connectivity index (χ3n) is 7.74. The maximum absolute atomic E-state index is 13.2. The van der Waals surface area contributed by atoms with E-state index in [1.165, 1.54) is 22.3 Å². The molecule has 1 N–H and O–H groups in total. The first-order chi connectivity index (χ1) is 15.2. The number of amides is 1. The van der Waals surface area contributed by atoms with Crippen molar-refractivity contribution in [2.45, 2.75) is 82.9 Å². The molecule has 2 aromatic rings. The van der Waals surface area contributed by atoms with Crippen LogP contribution in [0, 0.1) is 5.41 Å². The monoisotopic (exact) mass is 433 g/mol.